The minimum Gasteiger partial charge on any atom is -0.385 e. The van der Waals surface area contributed by atoms with E-state index >= 15 is 0 Å². The van der Waals surface area contributed by atoms with Crippen molar-refractivity contribution in [3.8, 4) is 6.07 Å². The summed E-state index contributed by atoms with van der Waals surface area (Å²) in [5, 5.41) is 20.8. The Kier molecular flexibility index (Phi) is 4.34. The first-order valence-corrected chi connectivity index (χ1v) is 9.54. The fraction of sp³-hybridized carbons (Fsp3) is 0.435. The van der Waals surface area contributed by atoms with Gasteiger partial charge in [-0.15, -0.1) is 0 Å². The first-order valence-electron chi connectivity index (χ1n) is 9.54. The van der Waals surface area contributed by atoms with Crippen LogP contribution in [-0.2, 0) is 12.1 Å². The number of benzene rings is 2. The summed E-state index contributed by atoms with van der Waals surface area (Å²) in [7, 11) is 0. The highest BCUT2D eigenvalue weighted by Crippen LogP contribution is 2.47. The molecule has 2 unspecified atom stereocenters. The Morgan fingerprint density at radius 2 is 1.65 bits per heavy atom. The molecule has 2 atom stereocenters. The quantitative estimate of drug-likeness (QED) is 0.906. The van der Waals surface area contributed by atoms with E-state index in [2.05, 4.69) is 41.3 Å². The number of hydrogen-bond donors (Lipinski definition) is 1. The minimum absolute atomic E-state index is 0.424. The molecule has 0 saturated carbocycles. The van der Waals surface area contributed by atoms with Gasteiger partial charge in [-0.2, -0.15) is 5.26 Å². The van der Waals surface area contributed by atoms with Gasteiger partial charge in [-0.3, -0.25) is 4.90 Å². The Balaban J connectivity index is 1.61. The van der Waals surface area contributed by atoms with Crippen molar-refractivity contribution in [2.45, 2.75) is 63.8 Å². The summed E-state index contributed by atoms with van der Waals surface area (Å²) in [5.41, 5.74) is 4.38. The van der Waals surface area contributed by atoms with Crippen molar-refractivity contribution in [1.82, 2.24) is 4.90 Å². The number of rotatable bonds is 3. The van der Waals surface area contributed by atoms with Crippen LogP contribution in [0, 0.1) is 25.2 Å². The zero-order valence-corrected chi connectivity index (χ0v) is 15.6. The third-order valence-electron chi connectivity index (χ3n) is 6.25. The van der Waals surface area contributed by atoms with Crippen molar-refractivity contribution in [2.24, 2.45) is 0 Å². The third kappa shape index (κ3) is 2.94. The van der Waals surface area contributed by atoms with Gasteiger partial charge in [-0.05, 0) is 73.9 Å². The molecule has 2 aromatic carbocycles. The van der Waals surface area contributed by atoms with Gasteiger partial charge in [-0.1, -0.05) is 30.3 Å². The normalized spacial score (nSPS) is 28.1. The zero-order valence-electron chi connectivity index (χ0n) is 15.6. The van der Waals surface area contributed by atoms with Crippen molar-refractivity contribution in [3.63, 3.8) is 0 Å². The lowest BCUT2D eigenvalue weighted by Gasteiger charge is -2.45. The molecule has 2 aliphatic heterocycles. The smallest absolute Gasteiger partial charge is 0.0991 e. The van der Waals surface area contributed by atoms with Crippen LogP contribution in [0.15, 0.2) is 42.5 Å². The summed E-state index contributed by atoms with van der Waals surface area (Å²) in [6, 6.07) is 17.5. The lowest BCUT2D eigenvalue weighted by atomic mass is 9.76. The van der Waals surface area contributed by atoms with Crippen molar-refractivity contribution in [1.29, 1.82) is 5.26 Å². The fourth-order valence-electron chi connectivity index (χ4n) is 5.33. The Morgan fingerprint density at radius 3 is 2.19 bits per heavy atom. The van der Waals surface area contributed by atoms with E-state index in [-0.39, 0.29) is 0 Å². The van der Waals surface area contributed by atoms with E-state index in [0.717, 1.165) is 48.9 Å². The summed E-state index contributed by atoms with van der Waals surface area (Å²) < 4.78 is 0. The Morgan fingerprint density at radius 1 is 1.08 bits per heavy atom. The molecule has 1 N–H and O–H groups in total. The van der Waals surface area contributed by atoms with E-state index in [9.17, 15) is 10.4 Å². The van der Waals surface area contributed by atoms with Gasteiger partial charge in [0.2, 0.25) is 0 Å². The molecule has 26 heavy (non-hydrogen) atoms. The van der Waals surface area contributed by atoms with Gasteiger partial charge >= 0.3 is 0 Å². The van der Waals surface area contributed by atoms with Crippen LogP contribution >= 0.6 is 0 Å². The second-order valence-corrected chi connectivity index (χ2v) is 8.08. The number of hydrogen-bond acceptors (Lipinski definition) is 3. The largest absolute Gasteiger partial charge is 0.385 e. The van der Waals surface area contributed by atoms with Crippen LogP contribution in [0.2, 0.25) is 0 Å². The second kappa shape index (κ2) is 6.54. The minimum atomic E-state index is -0.777. The van der Waals surface area contributed by atoms with Crippen LogP contribution in [0.3, 0.4) is 0 Å². The van der Waals surface area contributed by atoms with Gasteiger partial charge in [0.1, 0.15) is 0 Å². The SMILES string of the molecule is Cc1cc(C#N)cc(C)c1C1(O)CC2CCC(C1)N2Cc1ccccc1. The number of aliphatic hydroxyl groups is 1. The average Bonchev–Trinajstić information content (AvgIpc) is 2.86. The van der Waals surface area contributed by atoms with Gasteiger partial charge in [0, 0.05) is 18.6 Å². The maximum Gasteiger partial charge on any atom is 0.0991 e. The molecule has 2 aliphatic rings. The van der Waals surface area contributed by atoms with Gasteiger partial charge in [0.15, 0.2) is 0 Å². The summed E-state index contributed by atoms with van der Waals surface area (Å²) in [5.74, 6) is 0. The maximum atomic E-state index is 11.6. The Labute approximate surface area is 155 Å². The Bertz CT molecular complexity index is 815. The van der Waals surface area contributed by atoms with E-state index < -0.39 is 5.60 Å². The van der Waals surface area contributed by atoms with E-state index in [1.807, 2.05) is 26.0 Å². The molecule has 2 bridgehead atoms. The molecule has 0 amide bonds. The molecule has 2 aromatic rings. The highest BCUT2D eigenvalue weighted by molar-refractivity contribution is 5.46. The third-order valence-corrected chi connectivity index (χ3v) is 6.25. The van der Waals surface area contributed by atoms with Gasteiger partial charge in [0.05, 0.1) is 17.2 Å². The number of aryl methyl sites for hydroxylation is 2. The zero-order chi connectivity index (χ0) is 18.3. The number of nitriles is 1. The molecule has 3 heteroatoms. The van der Waals surface area contributed by atoms with Crippen LogP contribution in [0.4, 0.5) is 0 Å². The lowest BCUT2D eigenvalue weighted by molar-refractivity contribution is -0.0602. The van der Waals surface area contributed by atoms with E-state index in [4.69, 9.17) is 0 Å². The molecule has 2 fully saturated rings. The van der Waals surface area contributed by atoms with E-state index in [1.165, 1.54) is 5.56 Å². The van der Waals surface area contributed by atoms with Crippen molar-refractivity contribution < 1.29 is 5.11 Å². The van der Waals surface area contributed by atoms with Crippen molar-refractivity contribution in [2.75, 3.05) is 0 Å². The van der Waals surface area contributed by atoms with Gasteiger partial charge < -0.3 is 5.11 Å². The molecule has 0 aliphatic carbocycles. The molecule has 4 rings (SSSR count). The monoisotopic (exact) mass is 346 g/mol. The highest BCUT2D eigenvalue weighted by atomic mass is 16.3. The number of piperidine rings is 1. The van der Waals surface area contributed by atoms with E-state index in [0.29, 0.717) is 17.6 Å². The fourth-order valence-corrected chi connectivity index (χ4v) is 5.33. The van der Waals surface area contributed by atoms with Crippen LogP contribution < -0.4 is 0 Å². The second-order valence-electron chi connectivity index (χ2n) is 8.08. The van der Waals surface area contributed by atoms with Crippen LogP contribution in [-0.4, -0.2) is 22.1 Å². The number of fused-ring (bicyclic) bond motifs is 2. The lowest BCUT2D eigenvalue weighted by Crippen LogP contribution is -2.49. The molecule has 134 valence electrons. The predicted octanol–water partition coefficient (Wildman–Crippen LogP) is 4.19. The summed E-state index contributed by atoms with van der Waals surface area (Å²) in [6.45, 7) is 5.02. The Hall–Kier alpha value is -2.15. The molecule has 2 saturated heterocycles. The predicted molar refractivity (Wildman–Crippen MR) is 103 cm³/mol. The topological polar surface area (TPSA) is 47.3 Å². The molecular formula is C23H26N2O. The summed E-state index contributed by atoms with van der Waals surface area (Å²) >= 11 is 0. The molecule has 3 nitrogen and oxygen atoms in total. The van der Waals surface area contributed by atoms with Crippen molar-refractivity contribution >= 4 is 0 Å². The maximum absolute atomic E-state index is 11.6. The van der Waals surface area contributed by atoms with Gasteiger partial charge in [0.25, 0.3) is 0 Å². The van der Waals surface area contributed by atoms with Crippen LogP contribution in [0.1, 0.15) is 53.5 Å². The van der Waals surface area contributed by atoms with E-state index in [1.54, 1.807) is 0 Å². The van der Waals surface area contributed by atoms with Crippen molar-refractivity contribution in [3.05, 3.63) is 70.3 Å². The molecule has 0 aromatic heterocycles. The first-order chi connectivity index (χ1) is 12.5. The highest BCUT2D eigenvalue weighted by Gasteiger charge is 2.49. The molecular weight excluding hydrogens is 320 g/mol. The van der Waals surface area contributed by atoms with Crippen LogP contribution in [0.25, 0.3) is 0 Å². The number of nitrogens with zero attached hydrogens (tertiary/aromatic N) is 2. The summed E-state index contributed by atoms with van der Waals surface area (Å²) in [6.07, 6.45) is 3.89. The van der Waals surface area contributed by atoms with Crippen LogP contribution in [0.5, 0.6) is 0 Å². The first kappa shape index (κ1) is 17.3. The summed E-state index contributed by atoms with van der Waals surface area (Å²) in [4.78, 5) is 2.60. The molecule has 0 spiro atoms. The molecule has 2 heterocycles. The standard InChI is InChI=1S/C23H26N2O/c1-16-10-19(14-24)11-17(2)22(16)23(26)12-20-8-9-21(13-23)25(20)15-18-6-4-3-5-7-18/h3-7,10-11,20-21,26H,8-9,12-13,15H2,1-2H3. The van der Waals surface area contributed by atoms with Gasteiger partial charge in [-0.25, -0.2) is 0 Å². The molecule has 0 radical (unpaired) electrons. The average molecular weight is 346 g/mol.